The van der Waals surface area contributed by atoms with Crippen LogP contribution < -0.4 is 9.47 Å². The van der Waals surface area contributed by atoms with Crippen LogP contribution in [0, 0.1) is 18.3 Å². The van der Waals surface area contributed by atoms with E-state index in [1.54, 1.807) is 0 Å². The summed E-state index contributed by atoms with van der Waals surface area (Å²) < 4.78 is 11.1. The van der Waals surface area contributed by atoms with Crippen molar-refractivity contribution >= 4 is 0 Å². The molecular weight excluding hydrogens is 286 g/mol. The lowest BCUT2D eigenvalue weighted by atomic mass is 9.92. The second-order valence-electron chi connectivity index (χ2n) is 5.43. The van der Waals surface area contributed by atoms with E-state index in [4.69, 9.17) is 9.47 Å². The molecule has 120 valence electrons. The number of benzene rings is 2. The Kier molecular flexibility index (Phi) is 6.50. The Bertz CT molecular complexity index is 643. The number of ether oxygens (including phenoxy) is 2. The molecule has 2 aromatic carbocycles. The molecular formula is C20H23NO2. The first-order chi connectivity index (χ1) is 11.2. The highest BCUT2D eigenvalue weighted by Gasteiger charge is 2.12. The van der Waals surface area contributed by atoms with Gasteiger partial charge in [0.15, 0.2) is 0 Å². The number of nitriles is 1. The summed E-state index contributed by atoms with van der Waals surface area (Å²) in [6, 6.07) is 18.1. The van der Waals surface area contributed by atoms with Crippen LogP contribution >= 0.6 is 0 Å². The summed E-state index contributed by atoms with van der Waals surface area (Å²) in [5.41, 5.74) is 2.29. The number of aryl methyl sites for hydroxylation is 1. The molecule has 0 saturated carbocycles. The highest BCUT2D eigenvalue weighted by Crippen LogP contribution is 2.24. The molecule has 0 N–H and O–H groups in total. The van der Waals surface area contributed by atoms with E-state index in [9.17, 15) is 5.26 Å². The van der Waals surface area contributed by atoms with E-state index in [0.717, 1.165) is 29.9 Å². The fourth-order valence-corrected chi connectivity index (χ4v) is 2.54. The maximum Gasteiger partial charge on any atom is 0.119 e. The molecule has 0 bridgehead atoms. The zero-order valence-electron chi connectivity index (χ0n) is 13.8. The SMILES string of the molecule is CCOc1ccc(OCCCC(C#N)c2ccccc2C)cc1. The first-order valence-corrected chi connectivity index (χ1v) is 8.05. The van der Waals surface area contributed by atoms with Crippen LogP contribution in [-0.4, -0.2) is 13.2 Å². The third kappa shape index (κ3) is 5.03. The summed E-state index contributed by atoms with van der Waals surface area (Å²) in [4.78, 5) is 0. The molecule has 3 nitrogen and oxygen atoms in total. The summed E-state index contributed by atoms with van der Waals surface area (Å²) in [5, 5.41) is 9.40. The zero-order valence-corrected chi connectivity index (χ0v) is 13.8. The predicted molar refractivity (Wildman–Crippen MR) is 91.9 cm³/mol. The molecule has 0 saturated heterocycles. The number of hydrogen-bond acceptors (Lipinski definition) is 3. The highest BCUT2D eigenvalue weighted by atomic mass is 16.5. The minimum atomic E-state index is -0.0693. The maximum absolute atomic E-state index is 9.40. The molecule has 1 unspecified atom stereocenters. The van der Waals surface area contributed by atoms with Gasteiger partial charge in [0.25, 0.3) is 0 Å². The van der Waals surface area contributed by atoms with Crippen LogP contribution in [0.2, 0.25) is 0 Å². The molecule has 0 aliphatic heterocycles. The zero-order chi connectivity index (χ0) is 16.5. The van der Waals surface area contributed by atoms with Crippen molar-refractivity contribution in [2.24, 2.45) is 0 Å². The first-order valence-electron chi connectivity index (χ1n) is 8.05. The largest absolute Gasteiger partial charge is 0.494 e. The number of nitrogens with zero attached hydrogens (tertiary/aromatic N) is 1. The normalized spacial score (nSPS) is 11.5. The Labute approximate surface area is 138 Å². The predicted octanol–water partition coefficient (Wildman–Crippen LogP) is 4.86. The molecule has 1 atom stereocenters. The number of hydrogen-bond donors (Lipinski definition) is 0. The molecule has 23 heavy (non-hydrogen) atoms. The standard InChI is InChI=1S/C20H23NO2/c1-3-22-18-10-12-19(13-11-18)23-14-6-8-17(15-21)20-9-5-4-7-16(20)2/h4-5,7,9-13,17H,3,6,8,14H2,1-2H3. The molecule has 0 amide bonds. The van der Waals surface area contributed by atoms with E-state index in [0.29, 0.717) is 13.2 Å². The van der Waals surface area contributed by atoms with Gasteiger partial charge in [0.2, 0.25) is 0 Å². The fourth-order valence-electron chi connectivity index (χ4n) is 2.54. The van der Waals surface area contributed by atoms with Crippen LogP contribution in [0.1, 0.15) is 36.8 Å². The molecule has 0 radical (unpaired) electrons. The average Bonchev–Trinajstić information content (AvgIpc) is 2.58. The third-order valence-corrected chi connectivity index (χ3v) is 3.76. The second kappa shape index (κ2) is 8.85. The van der Waals surface area contributed by atoms with Gasteiger partial charge in [0.05, 0.1) is 25.2 Å². The van der Waals surface area contributed by atoms with Gasteiger partial charge in [-0.2, -0.15) is 5.26 Å². The van der Waals surface area contributed by atoms with Crippen molar-refractivity contribution in [3.05, 3.63) is 59.7 Å². The minimum Gasteiger partial charge on any atom is -0.494 e. The summed E-state index contributed by atoms with van der Waals surface area (Å²) >= 11 is 0. The Balaban J connectivity index is 1.80. The third-order valence-electron chi connectivity index (χ3n) is 3.76. The minimum absolute atomic E-state index is 0.0693. The highest BCUT2D eigenvalue weighted by molar-refractivity contribution is 5.33. The van der Waals surface area contributed by atoms with Gasteiger partial charge in [0.1, 0.15) is 11.5 Å². The van der Waals surface area contributed by atoms with E-state index in [-0.39, 0.29) is 5.92 Å². The van der Waals surface area contributed by atoms with Gasteiger partial charge in [-0.05, 0) is 62.1 Å². The van der Waals surface area contributed by atoms with Crippen LogP contribution in [0.25, 0.3) is 0 Å². The monoisotopic (exact) mass is 309 g/mol. The van der Waals surface area contributed by atoms with Crippen molar-refractivity contribution in [2.75, 3.05) is 13.2 Å². The maximum atomic E-state index is 9.40. The summed E-state index contributed by atoms with van der Waals surface area (Å²) in [7, 11) is 0. The summed E-state index contributed by atoms with van der Waals surface area (Å²) in [5.74, 6) is 1.61. The quantitative estimate of drug-likeness (QED) is 0.654. The smallest absolute Gasteiger partial charge is 0.119 e. The summed E-state index contributed by atoms with van der Waals surface area (Å²) in [6.45, 7) is 5.28. The number of rotatable bonds is 8. The molecule has 0 aliphatic rings. The molecule has 0 heterocycles. The lowest BCUT2D eigenvalue weighted by molar-refractivity contribution is 0.303. The van der Waals surface area contributed by atoms with Crippen molar-refractivity contribution in [2.45, 2.75) is 32.6 Å². The fraction of sp³-hybridized carbons (Fsp3) is 0.350. The van der Waals surface area contributed by atoms with Gasteiger partial charge >= 0.3 is 0 Å². The van der Waals surface area contributed by atoms with Gasteiger partial charge in [-0.3, -0.25) is 0 Å². The Morgan fingerprint density at radius 1 is 1.00 bits per heavy atom. The van der Waals surface area contributed by atoms with E-state index < -0.39 is 0 Å². The second-order valence-corrected chi connectivity index (χ2v) is 5.43. The Hall–Kier alpha value is -2.47. The van der Waals surface area contributed by atoms with Gasteiger partial charge in [-0.1, -0.05) is 24.3 Å². The van der Waals surface area contributed by atoms with E-state index in [1.807, 2.05) is 49.4 Å². The van der Waals surface area contributed by atoms with Crippen LogP contribution in [-0.2, 0) is 0 Å². The topological polar surface area (TPSA) is 42.2 Å². The molecule has 0 aliphatic carbocycles. The van der Waals surface area contributed by atoms with Crippen molar-refractivity contribution in [3.63, 3.8) is 0 Å². The van der Waals surface area contributed by atoms with E-state index in [2.05, 4.69) is 19.1 Å². The summed E-state index contributed by atoms with van der Waals surface area (Å²) in [6.07, 6.45) is 1.65. The van der Waals surface area contributed by atoms with Crippen LogP contribution in [0.15, 0.2) is 48.5 Å². The Morgan fingerprint density at radius 3 is 2.26 bits per heavy atom. The Morgan fingerprint density at radius 2 is 1.65 bits per heavy atom. The molecule has 2 rings (SSSR count). The molecule has 0 fully saturated rings. The molecule has 2 aromatic rings. The van der Waals surface area contributed by atoms with Crippen molar-refractivity contribution in [3.8, 4) is 17.6 Å². The van der Waals surface area contributed by atoms with E-state index in [1.165, 1.54) is 5.56 Å². The average molecular weight is 309 g/mol. The van der Waals surface area contributed by atoms with Gasteiger partial charge in [-0.15, -0.1) is 0 Å². The van der Waals surface area contributed by atoms with Gasteiger partial charge < -0.3 is 9.47 Å². The molecule has 0 aromatic heterocycles. The lowest BCUT2D eigenvalue weighted by Crippen LogP contribution is -2.03. The van der Waals surface area contributed by atoms with Crippen LogP contribution in [0.4, 0.5) is 0 Å². The molecule has 3 heteroatoms. The van der Waals surface area contributed by atoms with Crippen molar-refractivity contribution < 1.29 is 9.47 Å². The van der Waals surface area contributed by atoms with Crippen molar-refractivity contribution in [1.29, 1.82) is 5.26 Å². The lowest BCUT2D eigenvalue weighted by Gasteiger charge is -2.13. The molecule has 0 spiro atoms. The van der Waals surface area contributed by atoms with Crippen LogP contribution in [0.3, 0.4) is 0 Å². The van der Waals surface area contributed by atoms with E-state index >= 15 is 0 Å². The first kappa shape index (κ1) is 16.9. The van der Waals surface area contributed by atoms with Crippen molar-refractivity contribution in [1.82, 2.24) is 0 Å². The van der Waals surface area contributed by atoms with Gasteiger partial charge in [-0.25, -0.2) is 0 Å². The van der Waals surface area contributed by atoms with Gasteiger partial charge in [0, 0.05) is 0 Å². The van der Waals surface area contributed by atoms with Crippen LogP contribution in [0.5, 0.6) is 11.5 Å².